The van der Waals surface area contributed by atoms with Crippen molar-refractivity contribution in [3.8, 4) is 11.3 Å². The van der Waals surface area contributed by atoms with Crippen LogP contribution in [0.3, 0.4) is 0 Å². The van der Waals surface area contributed by atoms with Gasteiger partial charge in [-0.15, -0.1) is 0 Å². The average Bonchev–Trinajstić information content (AvgIpc) is 3.03. The van der Waals surface area contributed by atoms with Crippen LogP contribution in [-0.2, 0) is 17.7 Å². The maximum absolute atomic E-state index is 13.7. The standard InChI is InChI=1S/C23H28BF3N2O4/c1-14(33-4)20-16(6-5-9-28-20)21-18(11-22(2,3)13-30)17-10-15(24(31)32)7-8-19(17)29(21)12-23(25,26)27/h5-10,14,30-32H,11-13H2,1-4H3/t14-/m0/s1. The van der Waals surface area contributed by atoms with Gasteiger partial charge in [-0.3, -0.25) is 4.98 Å². The molecular weight excluding hydrogens is 436 g/mol. The molecule has 0 fully saturated rings. The summed E-state index contributed by atoms with van der Waals surface area (Å²) >= 11 is 0. The molecule has 0 amide bonds. The molecule has 1 aromatic carbocycles. The van der Waals surface area contributed by atoms with E-state index in [1.54, 1.807) is 25.3 Å². The first-order valence-corrected chi connectivity index (χ1v) is 10.6. The highest BCUT2D eigenvalue weighted by Crippen LogP contribution is 2.41. The number of aromatic nitrogens is 2. The Morgan fingerprint density at radius 2 is 1.88 bits per heavy atom. The van der Waals surface area contributed by atoms with Gasteiger partial charge >= 0.3 is 13.3 Å². The Kier molecular flexibility index (Phi) is 7.23. The van der Waals surface area contributed by atoms with Gasteiger partial charge in [0, 0.05) is 36.4 Å². The lowest BCUT2D eigenvalue weighted by molar-refractivity contribution is -0.139. The number of nitrogens with zero attached hydrogens (tertiary/aromatic N) is 2. The van der Waals surface area contributed by atoms with Crippen LogP contribution in [0.4, 0.5) is 13.2 Å². The lowest BCUT2D eigenvalue weighted by atomic mass is 9.78. The second-order valence-corrected chi connectivity index (χ2v) is 8.99. The van der Waals surface area contributed by atoms with Crippen molar-refractivity contribution in [2.24, 2.45) is 5.41 Å². The van der Waals surface area contributed by atoms with Crippen molar-refractivity contribution in [2.75, 3.05) is 13.7 Å². The summed E-state index contributed by atoms with van der Waals surface area (Å²) in [7, 11) is -0.274. The minimum absolute atomic E-state index is 0.165. The fourth-order valence-corrected chi connectivity index (χ4v) is 4.02. The van der Waals surface area contributed by atoms with Gasteiger partial charge < -0.3 is 24.5 Å². The third kappa shape index (κ3) is 5.41. The molecule has 10 heteroatoms. The summed E-state index contributed by atoms with van der Waals surface area (Å²) in [4.78, 5) is 4.39. The van der Waals surface area contributed by atoms with E-state index in [0.29, 0.717) is 33.4 Å². The van der Waals surface area contributed by atoms with E-state index in [4.69, 9.17) is 4.74 Å². The number of pyridine rings is 1. The van der Waals surface area contributed by atoms with Crippen molar-refractivity contribution in [1.29, 1.82) is 0 Å². The molecule has 0 spiro atoms. The summed E-state index contributed by atoms with van der Waals surface area (Å²) in [6.45, 7) is 3.97. The zero-order chi connectivity index (χ0) is 24.6. The van der Waals surface area contributed by atoms with Gasteiger partial charge in [-0.2, -0.15) is 13.2 Å². The van der Waals surface area contributed by atoms with Gasteiger partial charge in [-0.05, 0) is 48.0 Å². The summed E-state index contributed by atoms with van der Waals surface area (Å²) in [5.74, 6) is 0. The largest absolute Gasteiger partial charge is 0.488 e. The number of halogens is 3. The Morgan fingerprint density at radius 1 is 1.18 bits per heavy atom. The van der Waals surface area contributed by atoms with Crippen LogP contribution in [0.15, 0.2) is 36.5 Å². The molecule has 0 saturated heterocycles. The predicted octanol–water partition coefficient (Wildman–Crippen LogP) is 3.21. The molecule has 3 aromatic rings. The second kappa shape index (κ2) is 9.46. The molecule has 3 N–H and O–H groups in total. The molecule has 0 aliphatic heterocycles. The molecule has 2 aromatic heterocycles. The normalized spacial score (nSPS) is 13.5. The van der Waals surface area contributed by atoms with Crippen LogP contribution in [0.1, 0.15) is 38.1 Å². The summed E-state index contributed by atoms with van der Waals surface area (Å²) < 4.78 is 47.8. The minimum atomic E-state index is -4.51. The fourth-order valence-electron chi connectivity index (χ4n) is 4.02. The van der Waals surface area contributed by atoms with E-state index in [0.717, 1.165) is 0 Å². The maximum atomic E-state index is 13.7. The third-order valence-corrected chi connectivity index (χ3v) is 5.74. The van der Waals surface area contributed by atoms with Crippen molar-refractivity contribution in [2.45, 2.75) is 46.0 Å². The molecule has 0 aliphatic rings. The zero-order valence-corrected chi connectivity index (χ0v) is 19.0. The fraction of sp³-hybridized carbons (Fsp3) is 0.435. The van der Waals surface area contributed by atoms with E-state index < -0.39 is 31.4 Å². The second-order valence-electron chi connectivity index (χ2n) is 8.99. The van der Waals surface area contributed by atoms with Gasteiger partial charge in [0.1, 0.15) is 6.54 Å². The lowest BCUT2D eigenvalue weighted by Crippen LogP contribution is -2.29. The number of ether oxygens (including phenoxy) is 1. The Hall–Kier alpha value is -2.40. The molecule has 0 aliphatic carbocycles. The molecule has 0 bridgehead atoms. The number of aliphatic hydroxyl groups is 1. The topological polar surface area (TPSA) is 87.7 Å². The van der Waals surface area contributed by atoms with Gasteiger partial charge in [0.2, 0.25) is 0 Å². The maximum Gasteiger partial charge on any atom is 0.488 e. The first-order chi connectivity index (χ1) is 15.4. The van der Waals surface area contributed by atoms with E-state index in [-0.39, 0.29) is 18.5 Å². The number of methoxy groups -OCH3 is 1. The first kappa shape index (κ1) is 25.2. The van der Waals surface area contributed by atoms with E-state index in [1.165, 1.54) is 29.9 Å². The van der Waals surface area contributed by atoms with Crippen molar-refractivity contribution >= 4 is 23.5 Å². The summed E-state index contributed by atoms with van der Waals surface area (Å²) in [6, 6.07) is 7.71. The SMILES string of the molecule is CO[C@@H](C)c1ncccc1-c1c(CC(C)(C)CO)c2cc(B(O)O)ccc2n1CC(F)(F)F. The number of benzene rings is 1. The average molecular weight is 464 g/mol. The molecule has 178 valence electrons. The van der Waals surface area contributed by atoms with Gasteiger partial charge in [-0.25, -0.2) is 0 Å². The van der Waals surface area contributed by atoms with Crippen LogP contribution < -0.4 is 5.46 Å². The third-order valence-electron chi connectivity index (χ3n) is 5.74. The molecule has 33 heavy (non-hydrogen) atoms. The molecule has 0 unspecified atom stereocenters. The summed E-state index contributed by atoms with van der Waals surface area (Å²) in [5.41, 5.74) is 1.68. The molecular formula is C23H28BF3N2O4. The van der Waals surface area contributed by atoms with Crippen LogP contribution in [-0.4, -0.2) is 51.7 Å². The van der Waals surface area contributed by atoms with Gasteiger partial charge in [0.05, 0.1) is 17.5 Å². The molecule has 3 rings (SSSR count). The van der Waals surface area contributed by atoms with Gasteiger partial charge in [0.15, 0.2) is 0 Å². The summed E-state index contributed by atoms with van der Waals surface area (Å²) in [5, 5.41) is 29.7. The highest BCUT2D eigenvalue weighted by Gasteiger charge is 2.34. The van der Waals surface area contributed by atoms with Crippen molar-refractivity contribution in [1.82, 2.24) is 9.55 Å². The Balaban J connectivity index is 2.47. The first-order valence-electron chi connectivity index (χ1n) is 10.6. The predicted molar refractivity (Wildman–Crippen MR) is 121 cm³/mol. The van der Waals surface area contributed by atoms with Crippen molar-refractivity contribution < 1.29 is 33.1 Å². The van der Waals surface area contributed by atoms with Crippen LogP contribution in [0.25, 0.3) is 22.2 Å². The molecule has 2 heterocycles. The van der Waals surface area contributed by atoms with Crippen molar-refractivity contribution in [3.63, 3.8) is 0 Å². The van der Waals surface area contributed by atoms with Crippen LogP contribution in [0.5, 0.6) is 0 Å². The number of alkyl halides is 3. The summed E-state index contributed by atoms with van der Waals surface area (Å²) in [6.07, 6.45) is -3.18. The Bertz CT molecular complexity index is 1130. The van der Waals surface area contributed by atoms with Gasteiger partial charge in [-0.1, -0.05) is 26.0 Å². The highest BCUT2D eigenvalue weighted by atomic mass is 19.4. The molecule has 0 saturated carbocycles. The number of hydrogen-bond acceptors (Lipinski definition) is 5. The van der Waals surface area contributed by atoms with Crippen molar-refractivity contribution in [3.05, 3.63) is 47.8 Å². The lowest BCUT2D eigenvalue weighted by Gasteiger charge is -2.24. The Labute approximate surface area is 190 Å². The van der Waals surface area contributed by atoms with Gasteiger partial charge in [0.25, 0.3) is 0 Å². The number of hydrogen-bond donors (Lipinski definition) is 3. The van der Waals surface area contributed by atoms with E-state index in [2.05, 4.69) is 4.98 Å². The monoisotopic (exact) mass is 464 g/mol. The highest BCUT2D eigenvalue weighted by molar-refractivity contribution is 6.58. The zero-order valence-electron chi connectivity index (χ0n) is 19.0. The van der Waals surface area contributed by atoms with E-state index >= 15 is 0 Å². The quantitative estimate of drug-likeness (QED) is 0.446. The van der Waals surface area contributed by atoms with Crippen LogP contribution in [0.2, 0.25) is 0 Å². The Morgan fingerprint density at radius 3 is 2.45 bits per heavy atom. The molecule has 6 nitrogen and oxygen atoms in total. The number of rotatable bonds is 8. The van der Waals surface area contributed by atoms with Crippen LogP contribution in [0, 0.1) is 5.41 Å². The van der Waals surface area contributed by atoms with E-state index in [1.807, 2.05) is 13.8 Å². The smallest absolute Gasteiger partial charge is 0.423 e. The number of fused-ring (bicyclic) bond motifs is 1. The molecule has 0 radical (unpaired) electrons. The minimum Gasteiger partial charge on any atom is -0.423 e. The van der Waals surface area contributed by atoms with Crippen LogP contribution >= 0.6 is 0 Å². The van der Waals surface area contributed by atoms with E-state index in [9.17, 15) is 28.3 Å². The molecule has 1 atom stereocenters. The number of aliphatic hydroxyl groups excluding tert-OH is 1.